The molecule has 2 N–H and O–H groups in total. The van der Waals surface area contributed by atoms with Crippen LogP contribution in [-0.4, -0.2) is 48.4 Å². The fourth-order valence-electron chi connectivity index (χ4n) is 5.85. The first-order valence-electron chi connectivity index (χ1n) is 11.5. The number of fused-ring (bicyclic) bond motifs is 3. The number of anilines is 1. The van der Waals surface area contributed by atoms with E-state index in [2.05, 4.69) is 16.4 Å². The zero-order valence-corrected chi connectivity index (χ0v) is 18.3. The Hall–Kier alpha value is -3.78. The molecule has 4 atom stereocenters. The minimum atomic E-state index is -0.767. The summed E-state index contributed by atoms with van der Waals surface area (Å²) < 4.78 is 17.1. The summed E-state index contributed by atoms with van der Waals surface area (Å²) in [4.78, 5) is 31.8. The van der Waals surface area contributed by atoms with Gasteiger partial charge in [0.15, 0.2) is 11.5 Å². The van der Waals surface area contributed by atoms with Gasteiger partial charge in [-0.2, -0.15) is 0 Å². The van der Waals surface area contributed by atoms with Gasteiger partial charge < -0.3 is 29.4 Å². The quantitative estimate of drug-likeness (QED) is 0.575. The number of hydrogen-bond acceptors (Lipinski definition) is 5. The van der Waals surface area contributed by atoms with Gasteiger partial charge in [0, 0.05) is 35.4 Å². The zero-order chi connectivity index (χ0) is 22.9. The van der Waals surface area contributed by atoms with Gasteiger partial charge in [-0.25, -0.2) is 0 Å². The van der Waals surface area contributed by atoms with Crippen molar-refractivity contribution in [3.8, 4) is 11.5 Å². The summed E-state index contributed by atoms with van der Waals surface area (Å²) in [5.74, 6) is -0.0320. The molecule has 7 rings (SSSR count). The summed E-state index contributed by atoms with van der Waals surface area (Å²) in [7, 11) is 0. The van der Waals surface area contributed by atoms with Crippen LogP contribution < -0.4 is 19.7 Å². The number of carbonyl (C=O) groups excluding carboxylic acids is 2. The summed E-state index contributed by atoms with van der Waals surface area (Å²) in [6.07, 6.45) is 6.20. The minimum absolute atomic E-state index is 0.0949. The van der Waals surface area contributed by atoms with Crippen LogP contribution in [0.2, 0.25) is 0 Å². The average Bonchev–Trinajstić information content (AvgIpc) is 3.66. The van der Waals surface area contributed by atoms with Gasteiger partial charge in [-0.1, -0.05) is 30.4 Å². The van der Waals surface area contributed by atoms with Crippen molar-refractivity contribution in [2.45, 2.75) is 18.1 Å². The number of H-pyrrole nitrogens is 1. The fourth-order valence-corrected chi connectivity index (χ4v) is 5.85. The highest BCUT2D eigenvalue weighted by atomic mass is 16.7. The monoisotopic (exact) mass is 457 g/mol. The number of rotatable bonds is 5. The minimum Gasteiger partial charge on any atom is -0.454 e. The maximum atomic E-state index is 13.5. The molecule has 1 spiro atoms. The summed E-state index contributed by atoms with van der Waals surface area (Å²) in [6.45, 7) is 1.04. The molecule has 0 aliphatic carbocycles. The van der Waals surface area contributed by atoms with Crippen LogP contribution in [0.5, 0.6) is 11.5 Å². The summed E-state index contributed by atoms with van der Waals surface area (Å²) in [5.41, 5.74) is 2.19. The van der Waals surface area contributed by atoms with E-state index in [1.807, 2.05) is 48.7 Å². The number of hydrogen-bond donors (Lipinski definition) is 2. The van der Waals surface area contributed by atoms with Gasteiger partial charge in [0.1, 0.15) is 5.60 Å². The molecule has 0 saturated carbocycles. The Kier molecular flexibility index (Phi) is 4.11. The van der Waals surface area contributed by atoms with E-state index in [1.54, 1.807) is 11.0 Å². The second-order valence-electron chi connectivity index (χ2n) is 9.26. The number of benzene rings is 2. The Labute approximate surface area is 195 Å². The van der Waals surface area contributed by atoms with E-state index in [0.29, 0.717) is 31.0 Å². The lowest BCUT2D eigenvalue weighted by Crippen LogP contribution is -2.44. The normalized spacial score (nSPS) is 28.2. The predicted octanol–water partition coefficient (Wildman–Crippen LogP) is 2.54. The largest absolute Gasteiger partial charge is 0.454 e. The lowest BCUT2D eigenvalue weighted by atomic mass is 9.77. The molecular weight excluding hydrogens is 434 g/mol. The van der Waals surface area contributed by atoms with Gasteiger partial charge in [0.05, 0.1) is 24.5 Å². The predicted molar refractivity (Wildman–Crippen MR) is 124 cm³/mol. The summed E-state index contributed by atoms with van der Waals surface area (Å²) in [6, 6.07) is 13.6. The molecule has 172 valence electrons. The second kappa shape index (κ2) is 7.11. The van der Waals surface area contributed by atoms with E-state index in [0.717, 1.165) is 22.2 Å². The van der Waals surface area contributed by atoms with E-state index in [-0.39, 0.29) is 24.7 Å². The van der Waals surface area contributed by atoms with Gasteiger partial charge in [-0.3, -0.25) is 9.59 Å². The summed E-state index contributed by atoms with van der Waals surface area (Å²) in [5, 5.41) is 4.22. The number of nitrogens with zero attached hydrogens (tertiary/aromatic N) is 1. The Morgan fingerprint density at radius 2 is 2.06 bits per heavy atom. The van der Waals surface area contributed by atoms with Crippen molar-refractivity contribution >= 4 is 28.4 Å². The molecule has 1 aromatic heterocycles. The van der Waals surface area contributed by atoms with Crippen LogP contribution in [0.3, 0.4) is 0 Å². The number of aromatic nitrogens is 1. The molecule has 5 heterocycles. The molecule has 2 bridgehead atoms. The van der Waals surface area contributed by atoms with E-state index in [4.69, 9.17) is 14.2 Å². The lowest BCUT2D eigenvalue weighted by molar-refractivity contribution is -0.131. The Morgan fingerprint density at radius 1 is 1.18 bits per heavy atom. The third-order valence-corrected chi connectivity index (χ3v) is 7.44. The van der Waals surface area contributed by atoms with Crippen LogP contribution in [0.25, 0.3) is 10.9 Å². The smallest absolute Gasteiger partial charge is 0.234 e. The van der Waals surface area contributed by atoms with Crippen LogP contribution in [0.15, 0.2) is 60.8 Å². The van der Waals surface area contributed by atoms with Crippen molar-refractivity contribution in [1.82, 2.24) is 10.3 Å². The Bertz CT molecular complexity index is 1360. The molecule has 4 aliphatic heterocycles. The van der Waals surface area contributed by atoms with Crippen LogP contribution in [0, 0.1) is 11.8 Å². The van der Waals surface area contributed by atoms with Gasteiger partial charge in [0.2, 0.25) is 18.6 Å². The molecule has 8 heteroatoms. The first-order valence-corrected chi connectivity index (χ1v) is 11.5. The van der Waals surface area contributed by atoms with Gasteiger partial charge in [-0.05, 0) is 30.2 Å². The highest BCUT2D eigenvalue weighted by Gasteiger charge is 2.67. The highest BCUT2D eigenvalue weighted by Crippen LogP contribution is 2.53. The number of carbonyl (C=O) groups is 2. The molecule has 2 saturated heterocycles. The van der Waals surface area contributed by atoms with Crippen LogP contribution >= 0.6 is 0 Å². The number of para-hydroxylation sites is 1. The van der Waals surface area contributed by atoms with Crippen LogP contribution in [-0.2, 0) is 20.7 Å². The molecule has 2 unspecified atom stereocenters. The van der Waals surface area contributed by atoms with Crippen molar-refractivity contribution in [1.29, 1.82) is 0 Å². The van der Waals surface area contributed by atoms with Crippen molar-refractivity contribution in [2.75, 3.05) is 24.8 Å². The molecule has 34 heavy (non-hydrogen) atoms. The van der Waals surface area contributed by atoms with Gasteiger partial charge >= 0.3 is 0 Å². The molecule has 2 amide bonds. The number of ether oxygens (including phenoxy) is 3. The molecule has 2 aromatic carbocycles. The standard InChI is InChI=1S/C26H23N3O5/c30-24(27-10-8-15-12-28-18-4-2-1-3-17(15)18)22-20-7-9-26(34-20)13-29(25(31)23(22)26)16-5-6-19-21(11-16)33-14-32-19/h1-7,9,11-12,20,22-23,28H,8,10,13-14H2,(H,27,30)/t20-,22?,23?,26-/m1/s1. The summed E-state index contributed by atoms with van der Waals surface area (Å²) >= 11 is 0. The van der Waals surface area contributed by atoms with Crippen molar-refractivity contribution in [2.24, 2.45) is 11.8 Å². The van der Waals surface area contributed by atoms with Crippen molar-refractivity contribution in [3.63, 3.8) is 0 Å². The van der Waals surface area contributed by atoms with E-state index >= 15 is 0 Å². The first-order chi connectivity index (χ1) is 16.6. The van der Waals surface area contributed by atoms with Crippen LogP contribution in [0.4, 0.5) is 5.69 Å². The van der Waals surface area contributed by atoms with Crippen molar-refractivity contribution < 1.29 is 23.8 Å². The van der Waals surface area contributed by atoms with Crippen LogP contribution in [0.1, 0.15) is 5.56 Å². The molecule has 3 aromatic rings. The maximum absolute atomic E-state index is 13.5. The first kappa shape index (κ1) is 19.7. The van der Waals surface area contributed by atoms with E-state index in [1.165, 1.54) is 0 Å². The molecule has 8 nitrogen and oxygen atoms in total. The number of aromatic amines is 1. The maximum Gasteiger partial charge on any atom is 0.234 e. The molecule has 0 radical (unpaired) electrons. The van der Waals surface area contributed by atoms with Gasteiger partial charge in [-0.15, -0.1) is 0 Å². The second-order valence-corrected chi connectivity index (χ2v) is 9.26. The topological polar surface area (TPSA) is 92.9 Å². The van der Waals surface area contributed by atoms with E-state index in [9.17, 15) is 9.59 Å². The highest BCUT2D eigenvalue weighted by molar-refractivity contribution is 6.03. The number of nitrogens with one attached hydrogen (secondary N) is 2. The zero-order valence-electron chi connectivity index (χ0n) is 18.3. The lowest BCUT2D eigenvalue weighted by Gasteiger charge is -2.23. The molecule has 2 fully saturated rings. The average molecular weight is 457 g/mol. The molecular formula is C26H23N3O5. The third kappa shape index (κ3) is 2.75. The fraction of sp³-hybridized carbons (Fsp3) is 0.308. The van der Waals surface area contributed by atoms with Gasteiger partial charge in [0.25, 0.3) is 0 Å². The SMILES string of the molecule is O=C(NCCc1c[nH]c2ccccc12)C1C2C(=O)N(c3ccc4c(c3)OCO4)C[C@]23C=C[C@H]1O3. The Balaban J connectivity index is 1.08. The Morgan fingerprint density at radius 3 is 3.00 bits per heavy atom. The van der Waals surface area contributed by atoms with E-state index < -0.39 is 17.4 Å². The van der Waals surface area contributed by atoms with Crippen molar-refractivity contribution in [3.05, 3.63) is 66.4 Å². The third-order valence-electron chi connectivity index (χ3n) is 7.44. The molecule has 4 aliphatic rings. The number of amides is 2.